The van der Waals surface area contributed by atoms with Gasteiger partial charge in [-0.3, -0.25) is 4.79 Å². The number of hydrogen-bond donors (Lipinski definition) is 3. The molecule has 0 aliphatic rings. The molecule has 1 heterocycles. The molecule has 1 atom stereocenters. The molecule has 0 saturated heterocycles. The molecule has 1 rings (SSSR count). The first-order chi connectivity index (χ1) is 7.02. The van der Waals surface area contributed by atoms with Crippen LogP contribution in [0.1, 0.15) is 32.5 Å². The van der Waals surface area contributed by atoms with E-state index >= 15 is 0 Å². The number of nitrogens with two attached hydrogens (primary N) is 1. The molecule has 0 aliphatic heterocycles. The van der Waals surface area contributed by atoms with Crippen LogP contribution in [0.2, 0.25) is 0 Å². The fourth-order valence-electron chi connectivity index (χ4n) is 1.14. The third-order valence-corrected chi connectivity index (χ3v) is 2.05. The lowest BCUT2D eigenvalue weighted by atomic mass is 10.2. The van der Waals surface area contributed by atoms with Crippen LogP contribution in [0.15, 0.2) is 10.9 Å². The van der Waals surface area contributed by atoms with Gasteiger partial charge in [0.15, 0.2) is 0 Å². The molecule has 4 N–H and O–H groups in total. The Bertz CT molecular complexity index is 372. The first-order valence-corrected chi connectivity index (χ1v) is 5.10. The zero-order chi connectivity index (χ0) is 11.4. The Morgan fingerprint density at radius 1 is 1.53 bits per heavy atom. The Kier molecular flexibility index (Phi) is 3.85. The maximum absolute atomic E-state index is 11.3. The number of hydrogen-bond acceptors (Lipinski definition) is 4. The summed E-state index contributed by atoms with van der Waals surface area (Å²) >= 11 is 0. The van der Waals surface area contributed by atoms with E-state index in [4.69, 9.17) is 5.73 Å². The highest BCUT2D eigenvalue weighted by Gasteiger charge is 2.06. The van der Waals surface area contributed by atoms with Gasteiger partial charge in [0.25, 0.3) is 5.56 Å². The maximum atomic E-state index is 11.3. The minimum Gasteiger partial charge on any atom is -0.366 e. The number of rotatable bonds is 4. The smallest absolute Gasteiger partial charge is 0.252 e. The minimum atomic E-state index is -0.138. The molecule has 0 spiro atoms. The molecule has 1 aromatic heterocycles. The Balaban J connectivity index is 2.94. The van der Waals surface area contributed by atoms with E-state index in [1.54, 1.807) is 0 Å². The van der Waals surface area contributed by atoms with Crippen LogP contribution in [-0.4, -0.2) is 22.6 Å². The van der Waals surface area contributed by atoms with Crippen molar-refractivity contribution in [2.45, 2.75) is 32.7 Å². The second-order valence-corrected chi connectivity index (χ2v) is 3.95. The number of anilines is 1. The molecule has 0 aliphatic carbocycles. The summed E-state index contributed by atoms with van der Waals surface area (Å²) in [6.07, 6.45) is 0. The average molecular weight is 210 g/mol. The van der Waals surface area contributed by atoms with Gasteiger partial charge in [-0.1, -0.05) is 13.8 Å². The lowest BCUT2D eigenvalue weighted by Gasteiger charge is -2.13. The molecule has 0 amide bonds. The van der Waals surface area contributed by atoms with Gasteiger partial charge >= 0.3 is 0 Å². The maximum Gasteiger partial charge on any atom is 0.252 e. The lowest BCUT2D eigenvalue weighted by molar-refractivity contribution is 0.752. The Morgan fingerprint density at radius 3 is 2.73 bits per heavy atom. The van der Waals surface area contributed by atoms with Gasteiger partial charge in [0.2, 0.25) is 0 Å². The molecule has 5 heteroatoms. The number of nitrogens with zero attached hydrogens (tertiary/aromatic N) is 1. The van der Waals surface area contributed by atoms with E-state index in [0.29, 0.717) is 18.2 Å². The predicted molar refractivity (Wildman–Crippen MR) is 61.1 cm³/mol. The van der Waals surface area contributed by atoms with Gasteiger partial charge in [0, 0.05) is 24.6 Å². The van der Waals surface area contributed by atoms with E-state index in [1.807, 2.05) is 20.8 Å². The molecule has 0 fully saturated rings. The molecular formula is C10H18N4O. The zero-order valence-corrected chi connectivity index (χ0v) is 9.37. The molecular weight excluding hydrogens is 192 g/mol. The van der Waals surface area contributed by atoms with Crippen molar-refractivity contribution in [2.24, 2.45) is 5.73 Å². The van der Waals surface area contributed by atoms with Crippen molar-refractivity contribution in [1.29, 1.82) is 0 Å². The molecule has 15 heavy (non-hydrogen) atoms. The molecule has 0 bridgehead atoms. The van der Waals surface area contributed by atoms with Crippen LogP contribution in [0, 0.1) is 0 Å². The molecule has 1 aromatic rings. The summed E-state index contributed by atoms with van der Waals surface area (Å²) in [6.45, 7) is 6.41. The monoisotopic (exact) mass is 210 g/mol. The number of aromatic nitrogens is 2. The quantitative estimate of drug-likeness (QED) is 0.681. The summed E-state index contributed by atoms with van der Waals surface area (Å²) in [5, 5.41) is 3.07. The van der Waals surface area contributed by atoms with Gasteiger partial charge in [-0.05, 0) is 6.92 Å². The highest BCUT2D eigenvalue weighted by molar-refractivity contribution is 5.34. The van der Waals surface area contributed by atoms with Crippen LogP contribution in [-0.2, 0) is 0 Å². The lowest BCUT2D eigenvalue weighted by Crippen LogP contribution is -2.27. The highest BCUT2D eigenvalue weighted by Crippen LogP contribution is 2.09. The van der Waals surface area contributed by atoms with Crippen molar-refractivity contribution in [3.63, 3.8) is 0 Å². The molecule has 5 nitrogen and oxygen atoms in total. The summed E-state index contributed by atoms with van der Waals surface area (Å²) in [5.74, 6) is 1.47. The second-order valence-electron chi connectivity index (χ2n) is 3.95. The van der Waals surface area contributed by atoms with Gasteiger partial charge in [-0.15, -0.1) is 0 Å². The van der Waals surface area contributed by atoms with Crippen LogP contribution in [0.4, 0.5) is 5.82 Å². The average Bonchev–Trinajstić information content (AvgIpc) is 2.16. The second kappa shape index (κ2) is 4.93. The summed E-state index contributed by atoms with van der Waals surface area (Å²) < 4.78 is 0. The van der Waals surface area contributed by atoms with Crippen molar-refractivity contribution in [2.75, 3.05) is 11.9 Å². The standard InChI is InChI=1S/C10H18N4O/c1-6(2)10-13-8(4-9(15)14-10)12-7(3)5-11/h4,6-7H,5,11H2,1-3H3,(H2,12,13,14,15). The SMILES string of the molecule is CC(CN)Nc1cc(=O)[nH]c(C(C)C)n1. The van der Waals surface area contributed by atoms with E-state index in [0.717, 1.165) is 0 Å². The van der Waals surface area contributed by atoms with Crippen molar-refractivity contribution in [3.8, 4) is 0 Å². The van der Waals surface area contributed by atoms with Crippen LogP contribution < -0.4 is 16.6 Å². The highest BCUT2D eigenvalue weighted by atomic mass is 16.1. The van der Waals surface area contributed by atoms with Crippen LogP contribution in [0.5, 0.6) is 0 Å². The van der Waals surface area contributed by atoms with E-state index in [2.05, 4.69) is 15.3 Å². The summed E-state index contributed by atoms with van der Waals surface area (Å²) in [4.78, 5) is 18.3. The molecule has 84 valence electrons. The van der Waals surface area contributed by atoms with Crippen LogP contribution >= 0.6 is 0 Å². The number of nitrogens with one attached hydrogen (secondary N) is 2. The third kappa shape index (κ3) is 3.36. The first-order valence-electron chi connectivity index (χ1n) is 5.10. The largest absolute Gasteiger partial charge is 0.366 e. The molecule has 1 unspecified atom stereocenters. The summed E-state index contributed by atoms with van der Waals surface area (Å²) in [7, 11) is 0. The van der Waals surface area contributed by atoms with Gasteiger partial charge in [0.05, 0.1) is 0 Å². The van der Waals surface area contributed by atoms with E-state index < -0.39 is 0 Å². The first kappa shape index (κ1) is 11.7. The third-order valence-electron chi connectivity index (χ3n) is 2.05. The molecule has 0 aromatic carbocycles. The number of aromatic amines is 1. The van der Waals surface area contributed by atoms with Crippen LogP contribution in [0.25, 0.3) is 0 Å². The Hall–Kier alpha value is -1.36. The molecule has 0 saturated carbocycles. The van der Waals surface area contributed by atoms with Gasteiger partial charge in [-0.25, -0.2) is 4.98 Å². The van der Waals surface area contributed by atoms with Crippen molar-refractivity contribution < 1.29 is 0 Å². The number of H-pyrrole nitrogens is 1. The summed E-state index contributed by atoms with van der Waals surface area (Å²) in [6, 6.07) is 1.55. The van der Waals surface area contributed by atoms with E-state index in [-0.39, 0.29) is 17.5 Å². The normalized spacial score (nSPS) is 12.9. The van der Waals surface area contributed by atoms with Crippen molar-refractivity contribution >= 4 is 5.82 Å². The van der Waals surface area contributed by atoms with Gasteiger partial charge < -0.3 is 16.0 Å². The Morgan fingerprint density at radius 2 is 2.20 bits per heavy atom. The minimum absolute atomic E-state index is 0.110. The van der Waals surface area contributed by atoms with E-state index in [1.165, 1.54) is 6.07 Å². The van der Waals surface area contributed by atoms with E-state index in [9.17, 15) is 4.79 Å². The fraction of sp³-hybridized carbons (Fsp3) is 0.600. The fourth-order valence-corrected chi connectivity index (χ4v) is 1.14. The van der Waals surface area contributed by atoms with Crippen molar-refractivity contribution in [1.82, 2.24) is 9.97 Å². The van der Waals surface area contributed by atoms with Crippen LogP contribution in [0.3, 0.4) is 0 Å². The summed E-state index contributed by atoms with van der Waals surface area (Å²) in [5.41, 5.74) is 5.34. The predicted octanol–water partition coefficient (Wildman–Crippen LogP) is 0.652. The topological polar surface area (TPSA) is 83.8 Å². The Labute approximate surface area is 89.1 Å². The van der Waals surface area contributed by atoms with Gasteiger partial charge in [0.1, 0.15) is 11.6 Å². The zero-order valence-electron chi connectivity index (χ0n) is 9.37. The molecule has 0 radical (unpaired) electrons. The van der Waals surface area contributed by atoms with Crippen molar-refractivity contribution in [3.05, 3.63) is 22.2 Å². The van der Waals surface area contributed by atoms with Gasteiger partial charge in [-0.2, -0.15) is 0 Å².